The molecule has 0 saturated carbocycles. The Bertz CT molecular complexity index is 810. The van der Waals surface area contributed by atoms with Gasteiger partial charge >= 0.3 is 12.1 Å². The summed E-state index contributed by atoms with van der Waals surface area (Å²) in [6, 6.07) is 2.86. The van der Waals surface area contributed by atoms with Gasteiger partial charge in [0.1, 0.15) is 6.04 Å². The molecule has 0 heterocycles. The molecule has 1 aromatic carbocycles. The lowest BCUT2D eigenvalue weighted by molar-refractivity contribution is -0.119. The van der Waals surface area contributed by atoms with Crippen LogP contribution in [0.15, 0.2) is 29.2 Å². The molecule has 1 aromatic rings. The van der Waals surface area contributed by atoms with Gasteiger partial charge in [0.05, 0.1) is 4.90 Å². The lowest BCUT2D eigenvalue weighted by atomic mass is 9.98. The van der Waals surface area contributed by atoms with Gasteiger partial charge in [-0.3, -0.25) is 4.79 Å². The molecule has 29 heavy (non-hydrogen) atoms. The normalized spacial score (nSPS) is 13.1. The van der Waals surface area contributed by atoms with E-state index < -0.39 is 34.0 Å². The molecule has 0 aliphatic rings. The maximum atomic E-state index is 12.4. The molecule has 0 unspecified atom stereocenters. The first kappa shape index (κ1) is 24.2. The maximum absolute atomic E-state index is 12.4. The van der Waals surface area contributed by atoms with E-state index in [1.54, 1.807) is 6.92 Å². The van der Waals surface area contributed by atoms with Gasteiger partial charge in [0, 0.05) is 12.2 Å². The first-order valence-electron chi connectivity index (χ1n) is 9.38. The summed E-state index contributed by atoms with van der Waals surface area (Å²) in [6.45, 7) is 6.00. The van der Waals surface area contributed by atoms with E-state index in [-0.39, 0.29) is 10.8 Å². The average molecular weight is 428 g/mol. The molecule has 2 atom stereocenters. The molecular formula is C18H29N5O5S. The van der Waals surface area contributed by atoms with Crippen LogP contribution in [-0.4, -0.2) is 39.0 Å². The second-order valence-corrected chi connectivity index (χ2v) is 8.28. The average Bonchev–Trinajstić information content (AvgIpc) is 2.65. The Morgan fingerprint density at radius 2 is 1.72 bits per heavy atom. The van der Waals surface area contributed by atoms with Crippen molar-refractivity contribution in [2.24, 2.45) is 11.7 Å². The number of anilines is 1. The quantitative estimate of drug-likeness (QED) is 0.357. The van der Waals surface area contributed by atoms with Gasteiger partial charge < -0.3 is 21.7 Å². The Morgan fingerprint density at radius 1 is 1.10 bits per heavy atom. The van der Waals surface area contributed by atoms with Crippen molar-refractivity contribution in [1.82, 2.24) is 15.4 Å². The highest BCUT2D eigenvalue weighted by molar-refractivity contribution is 7.90. The molecule has 0 aromatic heterocycles. The second kappa shape index (κ2) is 11.2. The molecule has 6 N–H and O–H groups in total. The van der Waals surface area contributed by atoms with Crippen LogP contribution in [0.5, 0.6) is 0 Å². The fourth-order valence-electron chi connectivity index (χ4n) is 2.39. The monoisotopic (exact) mass is 427 g/mol. The van der Waals surface area contributed by atoms with E-state index in [0.29, 0.717) is 18.7 Å². The van der Waals surface area contributed by atoms with Gasteiger partial charge in [-0.05, 0) is 36.6 Å². The zero-order chi connectivity index (χ0) is 22.0. The summed E-state index contributed by atoms with van der Waals surface area (Å²) in [6.07, 6.45) is 2.25. The van der Waals surface area contributed by atoms with Crippen molar-refractivity contribution in [3.05, 3.63) is 24.3 Å². The SMILES string of the molecule is CCCCNC(=O)NS(=O)(=O)c1ccc(NC(=O)[C@@H](NC(N)=O)[C@H](C)CC)cc1. The third-order valence-corrected chi connectivity index (χ3v) is 5.62. The van der Waals surface area contributed by atoms with Gasteiger partial charge in [-0.15, -0.1) is 0 Å². The molecule has 0 radical (unpaired) electrons. The molecule has 0 saturated heterocycles. The van der Waals surface area contributed by atoms with E-state index in [1.807, 2.05) is 18.6 Å². The van der Waals surface area contributed by atoms with Crippen LogP contribution in [0, 0.1) is 5.92 Å². The Balaban J connectivity index is 2.80. The highest BCUT2D eigenvalue weighted by Crippen LogP contribution is 2.16. The van der Waals surface area contributed by atoms with E-state index >= 15 is 0 Å². The molecule has 0 fully saturated rings. The number of hydrogen-bond acceptors (Lipinski definition) is 5. The second-order valence-electron chi connectivity index (χ2n) is 6.60. The summed E-state index contributed by atoms with van der Waals surface area (Å²) in [5.74, 6) is -0.625. The van der Waals surface area contributed by atoms with Crippen molar-refractivity contribution in [2.45, 2.75) is 51.0 Å². The Hall–Kier alpha value is -2.82. The third kappa shape index (κ3) is 7.98. The lowest BCUT2D eigenvalue weighted by Crippen LogP contribution is -2.49. The Morgan fingerprint density at radius 3 is 2.24 bits per heavy atom. The summed E-state index contributed by atoms with van der Waals surface area (Å²) in [7, 11) is -4.04. The van der Waals surface area contributed by atoms with Gasteiger partial charge in [-0.1, -0.05) is 33.6 Å². The molecule has 5 amide bonds. The molecular weight excluding hydrogens is 398 g/mol. The number of unbranched alkanes of at least 4 members (excludes halogenated alkanes) is 1. The fourth-order valence-corrected chi connectivity index (χ4v) is 3.32. The minimum Gasteiger partial charge on any atom is -0.352 e. The molecule has 0 bridgehead atoms. The fraction of sp³-hybridized carbons (Fsp3) is 0.500. The number of rotatable bonds is 10. The highest BCUT2D eigenvalue weighted by Gasteiger charge is 2.25. The third-order valence-electron chi connectivity index (χ3n) is 4.27. The highest BCUT2D eigenvalue weighted by atomic mass is 32.2. The standard InChI is InChI=1S/C18H29N5O5S/c1-4-6-11-20-18(26)23-29(27,28)14-9-7-13(8-10-14)21-16(24)15(12(3)5-2)22-17(19)25/h7-10,12,15H,4-6,11H2,1-3H3,(H,21,24)(H3,19,22,25)(H2,20,23,26)/t12-,15+/m1/s1. The van der Waals surface area contributed by atoms with Crippen LogP contribution in [0.4, 0.5) is 15.3 Å². The van der Waals surface area contributed by atoms with E-state index in [1.165, 1.54) is 24.3 Å². The maximum Gasteiger partial charge on any atom is 0.328 e. The first-order valence-corrected chi connectivity index (χ1v) is 10.9. The first-order chi connectivity index (χ1) is 13.6. The number of nitrogens with two attached hydrogens (primary N) is 1. The summed E-state index contributed by atoms with van der Waals surface area (Å²) in [5.41, 5.74) is 5.46. The Kier molecular flexibility index (Phi) is 9.39. The van der Waals surface area contributed by atoms with E-state index in [2.05, 4.69) is 16.0 Å². The van der Waals surface area contributed by atoms with Crippen LogP contribution in [0.25, 0.3) is 0 Å². The number of urea groups is 2. The van der Waals surface area contributed by atoms with Crippen LogP contribution in [-0.2, 0) is 14.8 Å². The molecule has 10 nitrogen and oxygen atoms in total. The van der Waals surface area contributed by atoms with Crippen molar-refractivity contribution in [3.63, 3.8) is 0 Å². The lowest BCUT2D eigenvalue weighted by Gasteiger charge is -2.22. The number of benzene rings is 1. The van der Waals surface area contributed by atoms with Crippen LogP contribution in [0.1, 0.15) is 40.0 Å². The minimum atomic E-state index is -4.04. The number of nitrogens with one attached hydrogen (secondary N) is 4. The van der Waals surface area contributed by atoms with E-state index in [9.17, 15) is 22.8 Å². The van der Waals surface area contributed by atoms with Gasteiger partial charge in [-0.25, -0.2) is 22.7 Å². The number of amides is 5. The van der Waals surface area contributed by atoms with Crippen molar-refractivity contribution >= 4 is 33.7 Å². The van der Waals surface area contributed by atoms with E-state index in [0.717, 1.165) is 12.8 Å². The van der Waals surface area contributed by atoms with Crippen LogP contribution in [0.3, 0.4) is 0 Å². The molecule has 0 aliphatic heterocycles. The van der Waals surface area contributed by atoms with Crippen molar-refractivity contribution in [2.75, 3.05) is 11.9 Å². The summed E-state index contributed by atoms with van der Waals surface area (Å²) < 4.78 is 26.4. The number of primary amides is 1. The number of hydrogen-bond donors (Lipinski definition) is 5. The van der Waals surface area contributed by atoms with E-state index in [4.69, 9.17) is 5.73 Å². The number of carbonyl (C=O) groups is 3. The topological polar surface area (TPSA) is 159 Å². The summed E-state index contributed by atoms with van der Waals surface area (Å²) >= 11 is 0. The van der Waals surface area contributed by atoms with Crippen molar-refractivity contribution in [3.8, 4) is 0 Å². The predicted octanol–water partition coefficient (Wildman–Crippen LogP) is 1.50. The summed E-state index contributed by atoms with van der Waals surface area (Å²) in [5, 5.41) is 7.48. The number of sulfonamides is 1. The predicted molar refractivity (Wildman–Crippen MR) is 110 cm³/mol. The zero-order valence-corrected chi connectivity index (χ0v) is 17.6. The van der Waals surface area contributed by atoms with Crippen LogP contribution in [0.2, 0.25) is 0 Å². The van der Waals surface area contributed by atoms with Crippen molar-refractivity contribution < 1.29 is 22.8 Å². The smallest absolute Gasteiger partial charge is 0.328 e. The largest absolute Gasteiger partial charge is 0.352 e. The van der Waals surface area contributed by atoms with Crippen LogP contribution >= 0.6 is 0 Å². The van der Waals surface area contributed by atoms with Gasteiger partial charge in [-0.2, -0.15) is 0 Å². The van der Waals surface area contributed by atoms with Crippen molar-refractivity contribution in [1.29, 1.82) is 0 Å². The zero-order valence-electron chi connectivity index (χ0n) is 16.8. The van der Waals surface area contributed by atoms with Gasteiger partial charge in [0.2, 0.25) is 5.91 Å². The minimum absolute atomic E-state index is 0.130. The van der Waals surface area contributed by atoms with Gasteiger partial charge in [0.25, 0.3) is 10.0 Å². The summed E-state index contributed by atoms with van der Waals surface area (Å²) in [4.78, 5) is 35.1. The molecule has 0 aliphatic carbocycles. The van der Waals surface area contributed by atoms with Gasteiger partial charge in [0.15, 0.2) is 0 Å². The molecule has 11 heteroatoms. The molecule has 162 valence electrons. The molecule has 0 spiro atoms. The van der Waals surface area contributed by atoms with Crippen LogP contribution < -0.4 is 26.4 Å². The Labute approximate surface area is 171 Å². The molecule has 1 rings (SSSR count). The number of carbonyl (C=O) groups excluding carboxylic acids is 3.